The van der Waals surface area contributed by atoms with Crippen molar-refractivity contribution in [1.82, 2.24) is 0 Å². The second-order valence-electron chi connectivity index (χ2n) is 5.05. The molecular weight excluding hydrogens is 332 g/mol. The number of carbonyl (C=O) groups is 1. The number of nitrogens with one attached hydrogen (secondary N) is 1. The predicted molar refractivity (Wildman–Crippen MR) is 95.1 cm³/mol. The third-order valence-electron chi connectivity index (χ3n) is 3.46. The van der Waals surface area contributed by atoms with Gasteiger partial charge in [-0.25, -0.2) is 0 Å². The van der Waals surface area contributed by atoms with Gasteiger partial charge in [0.05, 0.1) is 10.6 Å². The molecule has 0 radical (unpaired) electrons. The van der Waals surface area contributed by atoms with E-state index < -0.39 is 0 Å². The minimum atomic E-state index is -0.284. The Morgan fingerprint density at radius 3 is 2.74 bits per heavy atom. The Morgan fingerprint density at radius 1 is 1.26 bits per heavy atom. The van der Waals surface area contributed by atoms with Crippen molar-refractivity contribution in [2.45, 2.75) is 6.92 Å². The fourth-order valence-corrected chi connectivity index (χ4v) is 3.33. The predicted octanol–water partition coefficient (Wildman–Crippen LogP) is 4.41. The van der Waals surface area contributed by atoms with Crippen LogP contribution in [0.3, 0.4) is 0 Å². The minimum absolute atomic E-state index is 0.0381. The zero-order valence-electron chi connectivity index (χ0n) is 12.2. The maximum Gasteiger partial charge on any atom is 0.271 e. The molecule has 1 fully saturated rings. The molecule has 6 heteroatoms. The van der Waals surface area contributed by atoms with Gasteiger partial charge in [0.15, 0.2) is 5.17 Å². The number of thioether (sulfide) groups is 1. The SMILES string of the molecule is Cc1ccccc1N1C(=N)S/C(=C\c2cc(Cl)ccc2O)C1=O. The topological polar surface area (TPSA) is 64.4 Å². The first-order chi connectivity index (χ1) is 11.0. The number of benzene rings is 2. The number of hydrogen-bond acceptors (Lipinski definition) is 4. The number of anilines is 1. The van der Waals surface area contributed by atoms with Crippen molar-refractivity contribution < 1.29 is 9.90 Å². The van der Waals surface area contributed by atoms with E-state index >= 15 is 0 Å². The second kappa shape index (κ2) is 6.10. The highest BCUT2D eigenvalue weighted by Gasteiger charge is 2.34. The second-order valence-corrected chi connectivity index (χ2v) is 6.51. The molecular formula is C17H13ClN2O2S. The van der Waals surface area contributed by atoms with Gasteiger partial charge in [-0.05, 0) is 54.6 Å². The number of aryl methyl sites for hydroxylation is 1. The third kappa shape index (κ3) is 2.98. The lowest BCUT2D eigenvalue weighted by Gasteiger charge is -2.16. The van der Waals surface area contributed by atoms with Crippen molar-refractivity contribution in [2.24, 2.45) is 0 Å². The van der Waals surface area contributed by atoms with Crippen molar-refractivity contribution in [3.8, 4) is 5.75 Å². The van der Waals surface area contributed by atoms with Crippen molar-refractivity contribution in [1.29, 1.82) is 5.41 Å². The van der Waals surface area contributed by atoms with Crippen LogP contribution in [-0.4, -0.2) is 16.2 Å². The van der Waals surface area contributed by atoms with Crippen molar-refractivity contribution in [3.63, 3.8) is 0 Å². The minimum Gasteiger partial charge on any atom is -0.507 e. The Labute approximate surface area is 142 Å². The fraction of sp³-hybridized carbons (Fsp3) is 0.0588. The van der Waals surface area contributed by atoms with E-state index in [1.807, 2.05) is 31.2 Å². The van der Waals surface area contributed by atoms with Gasteiger partial charge in [0.1, 0.15) is 5.75 Å². The Kier molecular flexibility index (Phi) is 4.15. The summed E-state index contributed by atoms with van der Waals surface area (Å²) in [5.74, 6) is -0.246. The molecule has 1 aliphatic heterocycles. The van der Waals surface area contributed by atoms with Crippen molar-refractivity contribution >= 4 is 46.2 Å². The highest BCUT2D eigenvalue weighted by molar-refractivity contribution is 8.19. The molecule has 23 heavy (non-hydrogen) atoms. The maximum atomic E-state index is 12.7. The van der Waals surface area contributed by atoms with Gasteiger partial charge in [-0.3, -0.25) is 15.1 Å². The first-order valence-corrected chi connectivity index (χ1v) is 8.03. The highest BCUT2D eigenvalue weighted by atomic mass is 35.5. The van der Waals surface area contributed by atoms with Gasteiger partial charge < -0.3 is 5.11 Å². The van der Waals surface area contributed by atoms with E-state index in [2.05, 4.69) is 0 Å². The summed E-state index contributed by atoms with van der Waals surface area (Å²) in [6.45, 7) is 1.89. The highest BCUT2D eigenvalue weighted by Crippen LogP contribution is 2.37. The zero-order chi connectivity index (χ0) is 16.6. The summed E-state index contributed by atoms with van der Waals surface area (Å²) in [4.78, 5) is 14.4. The van der Waals surface area contributed by atoms with Crippen LogP contribution in [0.2, 0.25) is 5.02 Å². The van der Waals surface area contributed by atoms with Crippen LogP contribution in [-0.2, 0) is 4.79 Å². The van der Waals surface area contributed by atoms with Gasteiger partial charge >= 0.3 is 0 Å². The molecule has 4 nitrogen and oxygen atoms in total. The van der Waals surface area contributed by atoms with Crippen molar-refractivity contribution in [3.05, 3.63) is 63.5 Å². The normalized spacial score (nSPS) is 16.4. The number of phenols is 1. The molecule has 2 aromatic rings. The number of para-hydroxylation sites is 1. The number of phenolic OH excluding ortho intramolecular Hbond substituents is 1. The van der Waals surface area contributed by atoms with Crippen LogP contribution in [0.5, 0.6) is 5.75 Å². The number of rotatable bonds is 2. The molecule has 0 bridgehead atoms. The molecule has 116 valence electrons. The molecule has 1 heterocycles. The van der Waals surface area contributed by atoms with Crippen molar-refractivity contribution in [2.75, 3.05) is 4.90 Å². The molecule has 0 aromatic heterocycles. The van der Waals surface area contributed by atoms with Crippen LogP contribution in [0, 0.1) is 12.3 Å². The Hall–Kier alpha value is -2.24. The summed E-state index contributed by atoms with van der Waals surface area (Å²) in [5, 5.41) is 18.6. The van der Waals surface area contributed by atoms with Crippen LogP contribution in [0.15, 0.2) is 47.4 Å². The largest absolute Gasteiger partial charge is 0.507 e. The standard InChI is InChI=1S/C17H13ClN2O2S/c1-10-4-2-3-5-13(10)20-16(22)15(23-17(20)19)9-11-8-12(18)6-7-14(11)21/h2-9,19,21H,1H3/b15-9-,19-17?. The Bertz CT molecular complexity index is 848. The molecule has 2 N–H and O–H groups in total. The van der Waals surface area contributed by atoms with E-state index in [1.54, 1.807) is 18.2 Å². The summed E-state index contributed by atoms with van der Waals surface area (Å²) in [5.41, 5.74) is 2.06. The molecule has 0 atom stereocenters. The molecule has 3 rings (SSSR count). The number of nitrogens with zero attached hydrogens (tertiary/aromatic N) is 1. The maximum absolute atomic E-state index is 12.7. The summed E-state index contributed by atoms with van der Waals surface area (Å²) >= 11 is 6.99. The molecule has 1 saturated heterocycles. The summed E-state index contributed by atoms with van der Waals surface area (Å²) in [6.07, 6.45) is 1.56. The monoisotopic (exact) mass is 344 g/mol. The summed E-state index contributed by atoms with van der Waals surface area (Å²) in [6, 6.07) is 12.0. The van der Waals surface area contributed by atoms with Crippen LogP contribution in [0.25, 0.3) is 6.08 Å². The number of amides is 1. The van der Waals surface area contributed by atoms with Crippen LogP contribution >= 0.6 is 23.4 Å². The average molecular weight is 345 g/mol. The van der Waals surface area contributed by atoms with Gasteiger partial charge in [0.2, 0.25) is 0 Å². The van der Waals surface area contributed by atoms with E-state index in [9.17, 15) is 9.90 Å². The quantitative estimate of drug-likeness (QED) is 0.793. The first kappa shape index (κ1) is 15.6. The van der Waals surface area contributed by atoms with E-state index in [1.165, 1.54) is 11.0 Å². The lowest BCUT2D eigenvalue weighted by molar-refractivity contribution is -0.113. The van der Waals surface area contributed by atoms with Gasteiger partial charge in [0.25, 0.3) is 5.91 Å². The van der Waals surface area contributed by atoms with Gasteiger partial charge in [-0.1, -0.05) is 29.8 Å². The molecule has 0 saturated carbocycles. The number of hydrogen-bond donors (Lipinski definition) is 2. The number of carbonyl (C=O) groups excluding carboxylic acids is 1. The van der Waals surface area contributed by atoms with Crippen LogP contribution < -0.4 is 4.90 Å². The zero-order valence-corrected chi connectivity index (χ0v) is 13.8. The van der Waals surface area contributed by atoms with E-state index in [4.69, 9.17) is 17.0 Å². The lowest BCUT2D eigenvalue weighted by Crippen LogP contribution is -2.28. The fourth-order valence-electron chi connectivity index (χ4n) is 2.30. The summed E-state index contributed by atoms with van der Waals surface area (Å²) in [7, 11) is 0. The van der Waals surface area contributed by atoms with Crippen LogP contribution in [0.4, 0.5) is 5.69 Å². The number of amidine groups is 1. The van der Waals surface area contributed by atoms with Gasteiger partial charge in [0, 0.05) is 10.6 Å². The smallest absolute Gasteiger partial charge is 0.271 e. The van der Waals surface area contributed by atoms with E-state index in [0.29, 0.717) is 21.2 Å². The molecule has 1 amide bonds. The van der Waals surface area contributed by atoms with E-state index in [-0.39, 0.29) is 16.8 Å². The molecule has 1 aliphatic rings. The Balaban J connectivity index is 2.00. The number of halogens is 1. The first-order valence-electron chi connectivity index (χ1n) is 6.84. The van der Waals surface area contributed by atoms with Crippen LogP contribution in [0.1, 0.15) is 11.1 Å². The third-order valence-corrected chi connectivity index (χ3v) is 4.58. The lowest BCUT2D eigenvalue weighted by atomic mass is 10.1. The van der Waals surface area contributed by atoms with Gasteiger partial charge in [-0.2, -0.15) is 0 Å². The average Bonchev–Trinajstić information content (AvgIpc) is 2.78. The van der Waals surface area contributed by atoms with Gasteiger partial charge in [-0.15, -0.1) is 0 Å². The summed E-state index contributed by atoms with van der Waals surface area (Å²) < 4.78 is 0. The Morgan fingerprint density at radius 2 is 2.00 bits per heavy atom. The van der Waals surface area contributed by atoms with E-state index in [0.717, 1.165) is 17.3 Å². The molecule has 0 spiro atoms. The molecule has 0 aliphatic carbocycles. The molecule has 2 aromatic carbocycles. The molecule has 0 unspecified atom stereocenters. The number of aromatic hydroxyl groups is 1.